The Morgan fingerprint density at radius 2 is 1.83 bits per heavy atom. The first-order valence-corrected chi connectivity index (χ1v) is 14.8. The number of nitrogens with zero attached hydrogens (tertiary/aromatic N) is 2. The number of amides is 1. The normalized spacial score (nSPS) is 17.3. The van der Waals surface area contributed by atoms with E-state index in [0.29, 0.717) is 35.4 Å². The molecule has 1 aliphatic rings. The molecule has 1 amide bonds. The van der Waals surface area contributed by atoms with Crippen molar-refractivity contribution in [2.75, 3.05) is 6.61 Å². The fraction of sp³-hybridized carbons (Fsp3) is 0.367. The minimum atomic E-state index is -4.84. The standard InChI is InChI=1S/C30H29ClF3N3O4S/c1-2-40-27(38)14-18-3-6-20(7-4-18)21-8-10-22(11-9-21)26-17-37-16-24(36-29(37)42-26)28(39)35-15-19-5-12-25(23(31)13-19)41-30(32,33)34/h5,8-13,16-18,20H,2-4,6-7,14-15H2,1H3,(H,35,39). The lowest BCUT2D eigenvalue weighted by Gasteiger charge is -2.28. The Labute approximate surface area is 249 Å². The summed E-state index contributed by atoms with van der Waals surface area (Å²) in [6.45, 7) is 2.31. The van der Waals surface area contributed by atoms with E-state index >= 15 is 0 Å². The largest absolute Gasteiger partial charge is 0.573 e. The lowest BCUT2D eigenvalue weighted by molar-refractivity contribution is -0.274. The molecule has 1 aliphatic carbocycles. The maximum absolute atomic E-state index is 12.7. The molecule has 222 valence electrons. The molecule has 2 heterocycles. The molecule has 0 aliphatic heterocycles. The highest BCUT2D eigenvalue weighted by Crippen LogP contribution is 2.38. The first-order chi connectivity index (χ1) is 20.1. The van der Waals surface area contributed by atoms with Gasteiger partial charge in [0.2, 0.25) is 0 Å². The van der Waals surface area contributed by atoms with E-state index in [4.69, 9.17) is 16.3 Å². The summed E-state index contributed by atoms with van der Waals surface area (Å²) in [4.78, 5) is 30.6. The number of ether oxygens (including phenoxy) is 2. The average Bonchev–Trinajstić information content (AvgIpc) is 3.53. The number of rotatable bonds is 9. The summed E-state index contributed by atoms with van der Waals surface area (Å²) < 4.78 is 48.0. The number of halogens is 4. The van der Waals surface area contributed by atoms with Gasteiger partial charge in [0.25, 0.3) is 5.91 Å². The molecule has 1 saturated carbocycles. The summed E-state index contributed by atoms with van der Waals surface area (Å²) >= 11 is 7.35. The van der Waals surface area contributed by atoms with Crippen molar-refractivity contribution in [3.8, 4) is 16.2 Å². The van der Waals surface area contributed by atoms with Crippen LogP contribution in [0.5, 0.6) is 5.75 Å². The van der Waals surface area contributed by atoms with Crippen LogP contribution in [0.25, 0.3) is 15.4 Å². The van der Waals surface area contributed by atoms with Gasteiger partial charge in [-0.25, -0.2) is 4.98 Å². The number of esters is 1. The summed E-state index contributed by atoms with van der Waals surface area (Å²) in [5, 5.41) is 2.50. The highest BCUT2D eigenvalue weighted by atomic mass is 35.5. The van der Waals surface area contributed by atoms with Crippen molar-refractivity contribution in [3.63, 3.8) is 0 Å². The van der Waals surface area contributed by atoms with Gasteiger partial charge in [0.15, 0.2) is 4.96 Å². The predicted octanol–water partition coefficient (Wildman–Crippen LogP) is 7.77. The van der Waals surface area contributed by atoms with Crippen LogP contribution in [-0.2, 0) is 16.1 Å². The van der Waals surface area contributed by atoms with Gasteiger partial charge in [-0.15, -0.1) is 13.2 Å². The smallest absolute Gasteiger partial charge is 0.466 e. The minimum Gasteiger partial charge on any atom is -0.466 e. The first kappa shape index (κ1) is 29.9. The van der Waals surface area contributed by atoms with Crippen molar-refractivity contribution in [1.82, 2.24) is 14.7 Å². The van der Waals surface area contributed by atoms with Gasteiger partial charge in [-0.1, -0.05) is 53.3 Å². The van der Waals surface area contributed by atoms with E-state index in [9.17, 15) is 22.8 Å². The lowest BCUT2D eigenvalue weighted by Crippen LogP contribution is -2.23. The zero-order valence-corrected chi connectivity index (χ0v) is 24.3. The molecule has 0 radical (unpaired) electrons. The van der Waals surface area contributed by atoms with Gasteiger partial charge in [-0.2, -0.15) is 0 Å². The third-order valence-corrected chi connectivity index (χ3v) is 8.68. The zero-order valence-electron chi connectivity index (χ0n) is 22.7. The van der Waals surface area contributed by atoms with Crippen LogP contribution in [0.4, 0.5) is 13.2 Å². The van der Waals surface area contributed by atoms with Gasteiger partial charge < -0.3 is 14.8 Å². The number of aromatic nitrogens is 2. The molecule has 12 heteroatoms. The Kier molecular flexibility index (Phi) is 9.08. The highest BCUT2D eigenvalue weighted by molar-refractivity contribution is 7.20. The third-order valence-electron chi connectivity index (χ3n) is 7.34. The lowest BCUT2D eigenvalue weighted by atomic mass is 9.77. The van der Waals surface area contributed by atoms with E-state index in [1.807, 2.05) is 13.1 Å². The average molecular weight is 620 g/mol. The van der Waals surface area contributed by atoms with Gasteiger partial charge in [-0.05, 0) is 73.3 Å². The fourth-order valence-corrected chi connectivity index (χ4v) is 6.46. The topological polar surface area (TPSA) is 81.9 Å². The molecular formula is C30H29ClF3N3O4S. The molecule has 0 spiro atoms. The van der Waals surface area contributed by atoms with Crippen LogP contribution in [0.15, 0.2) is 54.9 Å². The number of carbonyl (C=O) groups excluding carboxylic acids is 2. The van der Waals surface area contributed by atoms with Crippen molar-refractivity contribution in [3.05, 3.63) is 76.7 Å². The van der Waals surface area contributed by atoms with Gasteiger partial charge >= 0.3 is 12.3 Å². The molecule has 0 bridgehead atoms. The quantitative estimate of drug-likeness (QED) is 0.194. The molecule has 42 heavy (non-hydrogen) atoms. The second-order valence-electron chi connectivity index (χ2n) is 10.3. The number of hydrogen-bond acceptors (Lipinski definition) is 6. The van der Waals surface area contributed by atoms with Crippen molar-refractivity contribution < 1.29 is 32.2 Å². The Balaban J connectivity index is 1.15. The second-order valence-corrected chi connectivity index (χ2v) is 11.7. The summed E-state index contributed by atoms with van der Waals surface area (Å²) in [5.41, 5.74) is 3.10. The van der Waals surface area contributed by atoms with Crippen LogP contribution in [0.3, 0.4) is 0 Å². The zero-order chi connectivity index (χ0) is 29.9. The maximum atomic E-state index is 12.7. The number of hydrogen-bond donors (Lipinski definition) is 1. The van der Waals surface area contributed by atoms with Gasteiger partial charge in [0.05, 0.1) is 16.5 Å². The SMILES string of the molecule is CCOC(=O)CC1CCC(c2ccc(-c3cn4cc(C(=O)NCc5ccc(OC(F)(F)F)c(Cl)c5)nc4s3)cc2)CC1. The number of imidazole rings is 1. The molecule has 4 aromatic rings. The van der Waals surface area contributed by atoms with Crippen molar-refractivity contribution in [1.29, 1.82) is 0 Å². The van der Waals surface area contributed by atoms with Crippen LogP contribution in [0, 0.1) is 5.92 Å². The summed E-state index contributed by atoms with van der Waals surface area (Å²) in [7, 11) is 0. The highest BCUT2D eigenvalue weighted by Gasteiger charge is 2.32. The Bertz CT molecular complexity index is 1530. The van der Waals surface area contributed by atoms with Gasteiger partial charge in [0.1, 0.15) is 11.4 Å². The Morgan fingerprint density at radius 3 is 2.48 bits per heavy atom. The van der Waals surface area contributed by atoms with E-state index in [1.54, 1.807) is 10.6 Å². The minimum absolute atomic E-state index is 0.0562. The van der Waals surface area contributed by atoms with Gasteiger partial charge in [-0.3, -0.25) is 14.0 Å². The number of benzene rings is 2. The van der Waals surface area contributed by atoms with E-state index in [1.165, 1.54) is 29.0 Å². The molecule has 0 atom stereocenters. The molecule has 0 saturated heterocycles. The summed E-state index contributed by atoms with van der Waals surface area (Å²) in [6.07, 6.45) is 3.41. The third kappa shape index (κ3) is 7.43. The van der Waals surface area contributed by atoms with E-state index in [-0.39, 0.29) is 23.2 Å². The number of nitrogens with one attached hydrogen (secondary N) is 1. The first-order valence-electron chi connectivity index (χ1n) is 13.6. The van der Waals surface area contributed by atoms with Crippen LogP contribution in [-0.4, -0.2) is 34.2 Å². The number of thiazole rings is 1. The molecule has 2 aromatic heterocycles. The number of alkyl halides is 3. The second kappa shape index (κ2) is 12.7. The molecule has 2 aromatic carbocycles. The fourth-order valence-electron chi connectivity index (χ4n) is 5.25. The van der Waals surface area contributed by atoms with Crippen LogP contribution in [0.2, 0.25) is 5.02 Å². The predicted molar refractivity (Wildman–Crippen MR) is 154 cm³/mol. The molecule has 1 fully saturated rings. The molecule has 0 unspecified atom stereocenters. The molecule has 1 N–H and O–H groups in total. The summed E-state index contributed by atoms with van der Waals surface area (Å²) in [6, 6.07) is 12.4. The Morgan fingerprint density at radius 1 is 1.10 bits per heavy atom. The summed E-state index contributed by atoms with van der Waals surface area (Å²) in [5.74, 6) is -0.130. The van der Waals surface area contributed by atoms with Crippen molar-refractivity contribution in [2.45, 2.75) is 57.9 Å². The van der Waals surface area contributed by atoms with E-state index in [0.717, 1.165) is 42.2 Å². The number of carbonyl (C=O) groups is 2. The molecule has 7 nitrogen and oxygen atoms in total. The van der Waals surface area contributed by atoms with E-state index in [2.05, 4.69) is 39.3 Å². The molecule has 5 rings (SSSR count). The van der Waals surface area contributed by atoms with Crippen LogP contribution >= 0.6 is 22.9 Å². The van der Waals surface area contributed by atoms with E-state index < -0.39 is 18.0 Å². The number of fused-ring (bicyclic) bond motifs is 1. The van der Waals surface area contributed by atoms with Crippen molar-refractivity contribution in [2.24, 2.45) is 5.92 Å². The van der Waals surface area contributed by atoms with Crippen LogP contribution < -0.4 is 10.1 Å². The monoisotopic (exact) mass is 619 g/mol. The van der Waals surface area contributed by atoms with Crippen LogP contribution in [0.1, 0.15) is 66.6 Å². The van der Waals surface area contributed by atoms with Gasteiger partial charge in [0, 0.05) is 25.4 Å². The maximum Gasteiger partial charge on any atom is 0.573 e. The Hall–Kier alpha value is -3.57. The molecular weight excluding hydrogens is 591 g/mol. The van der Waals surface area contributed by atoms with Crippen molar-refractivity contribution >= 4 is 39.8 Å².